The molecule has 0 aliphatic carbocycles. The van der Waals surface area contributed by atoms with E-state index < -0.39 is 5.97 Å². The Labute approximate surface area is 104 Å². The Morgan fingerprint density at radius 3 is 2.67 bits per heavy atom. The Hall–Kier alpha value is -2.30. The van der Waals surface area contributed by atoms with Crippen LogP contribution in [0.25, 0.3) is 11.3 Å². The zero-order valence-corrected chi connectivity index (χ0v) is 10.4. The molecule has 1 heterocycles. The van der Waals surface area contributed by atoms with Crippen LogP contribution in [0.2, 0.25) is 0 Å². The first-order chi connectivity index (χ1) is 8.54. The Morgan fingerprint density at radius 1 is 1.39 bits per heavy atom. The van der Waals surface area contributed by atoms with Crippen LogP contribution in [0.5, 0.6) is 5.75 Å². The van der Waals surface area contributed by atoms with Gasteiger partial charge in [-0.1, -0.05) is 17.3 Å². The number of benzene rings is 1. The minimum Gasteiger partial charge on any atom is -0.496 e. The molecule has 0 saturated heterocycles. The van der Waals surface area contributed by atoms with E-state index in [9.17, 15) is 4.79 Å². The zero-order valence-electron chi connectivity index (χ0n) is 10.4. The maximum atomic E-state index is 10.8. The van der Waals surface area contributed by atoms with Crippen LogP contribution in [0, 0.1) is 13.8 Å². The number of aromatic nitrogens is 1. The molecule has 0 saturated carbocycles. The van der Waals surface area contributed by atoms with Crippen molar-refractivity contribution in [3.8, 4) is 17.1 Å². The van der Waals surface area contributed by atoms with E-state index in [1.807, 2.05) is 26.0 Å². The number of carboxylic acids is 1. The van der Waals surface area contributed by atoms with E-state index >= 15 is 0 Å². The molecule has 0 amide bonds. The normalized spacial score (nSPS) is 10.4. The van der Waals surface area contributed by atoms with Crippen molar-refractivity contribution >= 4 is 5.97 Å². The minimum absolute atomic E-state index is 0.107. The number of aromatic carboxylic acids is 1. The van der Waals surface area contributed by atoms with Crippen molar-refractivity contribution in [3.05, 3.63) is 35.0 Å². The Kier molecular flexibility index (Phi) is 3.06. The van der Waals surface area contributed by atoms with Crippen LogP contribution in [0.4, 0.5) is 0 Å². The molecule has 0 aliphatic heterocycles. The molecule has 5 heteroatoms. The van der Waals surface area contributed by atoms with Gasteiger partial charge in [0.25, 0.3) is 0 Å². The second kappa shape index (κ2) is 4.52. The molecule has 0 atom stereocenters. The predicted octanol–water partition coefficient (Wildman–Crippen LogP) is 2.67. The molecule has 1 aromatic carbocycles. The van der Waals surface area contributed by atoms with Crippen LogP contribution in [0.15, 0.2) is 22.7 Å². The van der Waals surface area contributed by atoms with Crippen molar-refractivity contribution in [1.29, 1.82) is 0 Å². The fourth-order valence-corrected chi connectivity index (χ4v) is 1.91. The summed E-state index contributed by atoms with van der Waals surface area (Å²) in [5, 5.41) is 12.3. The van der Waals surface area contributed by atoms with Crippen LogP contribution >= 0.6 is 0 Å². The number of nitrogens with zero attached hydrogens (tertiary/aromatic N) is 1. The third-order valence-corrected chi connectivity index (χ3v) is 2.80. The summed E-state index contributed by atoms with van der Waals surface area (Å²) >= 11 is 0. The second-order valence-corrected chi connectivity index (χ2v) is 3.97. The van der Waals surface area contributed by atoms with Crippen molar-refractivity contribution < 1.29 is 19.2 Å². The molecule has 18 heavy (non-hydrogen) atoms. The Balaban J connectivity index is 2.53. The molecule has 2 rings (SSSR count). The lowest BCUT2D eigenvalue weighted by Crippen LogP contribution is -1.95. The molecule has 0 unspecified atom stereocenters. The molecule has 0 aliphatic rings. The number of rotatable bonds is 3. The number of ether oxygens (including phenoxy) is 1. The number of hydrogen-bond donors (Lipinski definition) is 1. The van der Waals surface area contributed by atoms with Gasteiger partial charge in [0.15, 0.2) is 11.5 Å². The highest BCUT2D eigenvalue weighted by atomic mass is 16.5. The lowest BCUT2D eigenvalue weighted by atomic mass is 10.0. The van der Waals surface area contributed by atoms with Gasteiger partial charge in [-0.25, -0.2) is 4.79 Å². The number of carbonyl (C=O) groups is 1. The number of carboxylic acid groups (broad SMARTS) is 1. The summed E-state index contributed by atoms with van der Waals surface area (Å²) in [6, 6.07) is 5.16. The minimum atomic E-state index is -1.11. The van der Waals surface area contributed by atoms with Crippen molar-refractivity contribution in [2.45, 2.75) is 13.8 Å². The molecule has 2 aromatic rings. The highest BCUT2D eigenvalue weighted by Gasteiger charge is 2.16. The van der Waals surface area contributed by atoms with Gasteiger partial charge in [-0.05, 0) is 19.4 Å². The Morgan fingerprint density at radius 2 is 2.11 bits per heavy atom. The molecule has 5 nitrogen and oxygen atoms in total. The summed E-state index contributed by atoms with van der Waals surface area (Å²) in [5.41, 5.74) is 2.57. The molecular formula is C13H13NO4. The van der Waals surface area contributed by atoms with Crippen LogP contribution in [0.3, 0.4) is 0 Å². The van der Waals surface area contributed by atoms with Gasteiger partial charge in [0, 0.05) is 17.2 Å². The van der Waals surface area contributed by atoms with Crippen molar-refractivity contribution in [2.75, 3.05) is 7.11 Å². The van der Waals surface area contributed by atoms with Crippen molar-refractivity contribution in [3.63, 3.8) is 0 Å². The summed E-state index contributed by atoms with van der Waals surface area (Å²) in [6.07, 6.45) is 0. The first kappa shape index (κ1) is 12.2. The van der Waals surface area contributed by atoms with Gasteiger partial charge in [0.1, 0.15) is 5.75 Å². The highest BCUT2D eigenvalue weighted by molar-refractivity contribution is 5.86. The van der Waals surface area contributed by atoms with Crippen molar-refractivity contribution in [2.24, 2.45) is 0 Å². The fourth-order valence-electron chi connectivity index (χ4n) is 1.91. The van der Waals surface area contributed by atoms with Gasteiger partial charge >= 0.3 is 5.97 Å². The van der Waals surface area contributed by atoms with Crippen LogP contribution in [-0.2, 0) is 0 Å². The van der Waals surface area contributed by atoms with E-state index in [1.165, 1.54) is 6.07 Å². The second-order valence-electron chi connectivity index (χ2n) is 3.97. The van der Waals surface area contributed by atoms with E-state index in [2.05, 4.69) is 5.16 Å². The first-order valence-electron chi connectivity index (χ1n) is 5.39. The maximum absolute atomic E-state index is 10.8. The van der Waals surface area contributed by atoms with Crippen LogP contribution < -0.4 is 4.74 Å². The average molecular weight is 247 g/mol. The summed E-state index contributed by atoms with van der Waals surface area (Å²) in [4.78, 5) is 10.8. The van der Waals surface area contributed by atoms with Gasteiger partial charge in [-0.2, -0.15) is 0 Å². The summed E-state index contributed by atoms with van der Waals surface area (Å²) < 4.78 is 10.4. The van der Waals surface area contributed by atoms with Crippen LogP contribution in [-0.4, -0.2) is 23.3 Å². The molecule has 0 fully saturated rings. The monoisotopic (exact) mass is 247 g/mol. The number of hydrogen-bond acceptors (Lipinski definition) is 4. The highest BCUT2D eigenvalue weighted by Crippen LogP contribution is 2.32. The summed E-state index contributed by atoms with van der Waals surface area (Å²) in [7, 11) is 1.60. The van der Waals surface area contributed by atoms with E-state index in [0.29, 0.717) is 5.76 Å². The van der Waals surface area contributed by atoms with E-state index in [-0.39, 0.29) is 5.69 Å². The third-order valence-electron chi connectivity index (χ3n) is 2.80. The average Bonchev–Trinajstić information content (AvgIpc) is 2.79. The predicted molar refractivity (Wildman–Crippen MR) is 64.9 cm³/mol. The van der Waals surface area contributed by atoms with Crippen LogP contribution in [0.1, 0.15) is 21.6 Å². The molecule has 0 spiro atoms. The largest absolute Gasteiger partial charge is 0.496 e. The topological polar surface area (TPSA) is 72.6 Å². The lowest BCUT2D eigenvalue weighted by molar-refractivity contribution is 0.0686. The van der Waals surface area contributed by atoms with E-state index in [1.54, 1.807) is 7.11 Å². The van der Waals surface area contributed by atoms with Gasteiger partial charge in [0.05, 0.1) is 7.11 Å². The molecule has 94 valence electrons. The third kappa shape index (κ3) is 1.95. The first-order valence-corrected chi connectivity index (χ1v) is 5.39. The van der Waals surface area contributed by atoms with Gasteiger partial charge < -0.3 is 14.4 Å². The Bertz CT molecular complexity index is 601. The van der Waals surface area contributed by atoms with E-state index in [4.69, 9.17) is 14.4 Å². The van der Waals surface area contributed by atoms with E-state index in [0.717, 1.165) is 22.4 Å². The van der Waals surface area contributed by atoms with Gasteiger partial charge in [0.2, 0.25) is 0 Å². The lowest BCUT2D eigenvalue weighted by Gasteiger charge is -2.10. The fraction of sp³-hybridized carbons (Fsp3) is 0.231. The molecule has 0 bridgehead atoms. The summed E-state index contributed by atoms with van der Waals surface area (Å²) in [5.74, 6) is 0.0747. The molecular weight excluding hydrogens is 234 g/mol. The summed E-state index contributed by atoms with van der Waals surface area (Å²) in [6.45, 7) is 3.84. The smallest absolute Gasteiger partial charge is 0.358 e. The van der Waals surface area contributed by atoms with Gasteiger partial charge in [-0.15, -0.1) is 0 Å². The SMILES string of the molecule is COc1c(C)ccc(-c2cc(C(=O)O)no2)c1C. The maximum Gasteiger partial charge on any atom is 0.358 e. The number of methoxy groups -OCH3 is 1. The zero-order chi connectivity index (χ0) is 13.3. The standard InChI is InChI=1S/C13H13NO4/c1-7-4-5-9(8(2)12(7)17-3)11-6-10(13(15)16)14-18-11/h4-6H,1-3H3,(H,15,16). The quantitative estimate of drug-likeness (QED) is 0.902. The number of aryl methyl sites for hydroxylation is 1. The molecule has 0 radical (unpaired) electrons. The molecule has 1 N–H and O–H groups in total. The van der Waals surface area contributed by atoms with Gasteiger partial charge in [-0.3, -0.25) is 0 Å². The molecule has 1 aromatic heterocycles. The van der Waals surface area contributed by atoms with Crippen molar-refractivity contribution in [1.82, 2.24) is 5.16 Å².